The fourth-order valence-corrected chi connectivity index (χ4v) is 6.40. The van der Waals surface area contributed by atoms with Crippen molar-refractivity contribution in [3.8, 4) is 0 Å². The highest BCUT2D eigenvalue weighted by atomic mass is 16.5. The summed E-state index contributed by atoms with van der Waals surface area (Å²) in [6, 6.07) is 0. The van der Waals surface area contributed by atoms with Gasteiger partial charge in [0.2, 0.25) is 0 Å². The Morgan fingerprint density at radius 2 is 1.15 bits per heavy atom. The molecule has 0 aromatic heterocycles. The summed E-state index contributed by atoms with van der Waals surface area (Å²) in [4.78, 5) is 38.8. The molecular weight excluding hydrogens is 508 g/mol. The Kier molecular flexibility index (Phi) is 12.2. The van der Waals surface area contributed by atoms with Gasteiger partial charge in [0.15, 0.2) is 17.9 Å². The highest BCUT2D eigenvalue weighted by molar-refractivity contribution is 5.91. The van der Waals surface area contributed by atoms with Gasteiger partial charge in [0.1, 0.15) is 17.3 Å². The van der Waals surface area contributed by atoms with Gasteiger partial charge in [0.25, 0.3) is 0 Å². The number of Topliss-reactive ketones (excluding diaryl/α,β-unsaturated/α-hetero) is 2. The summed E-state index contributed by atoms with van der Waals surface area (Å²) in [5.41, 5.74) is -6.49. The van der Waals surface area contributed by atoms with Crippen LogP contribution in [0.2, 0.25) is 0 Å². The maximum atomic E-state index is 13.9. The van der Waals surface area contributed by atoms with Crippen molar-refractivity contribution in [2.45, 2.75) is 177 Å². The minimum Gasteiger partial charge on any atom is -0.376 e. The molecule has 0 aliphatic carbocycles. The van der Waals surface area contributed by atoms with E-state index in [-0.39, 0.29) is 17.2 Å². The first-order valence-electron chi connectivity index (χ1n) is 14.7. The molecule has 7 nitrogen and oxygen atoms in total. The summed E-state index contributed by atoms with van der Waals surface area (Å²) < 4.78 is 24.8. The molecule has 0 radical (unpaired) electrons. The van der Waals surface area contributed by atoms with Gasteiger partial charge >= 0.3 is 0 Å². The van der Waals surface area contributed by atoms with Crippen LogP contribution in [0.25, 0.3) is 0 Å². The zero-order valence-corrected chi connectivity index (χ0v) is 29.1. The molecule has 0 aromatic carbocycles. The highest BCUT2D eigenvalue weighted by Crippen LogP contribution is 2.44. The van der Waals surface area contributed by atoms with Crippen LogP contribution < -0.4 is 0 Å². The third kappa shape index (κ3) is 10.9. The summed E-state index contributed by atoms with van der Waals surface area (Å²) in [6.45, 7) is 34.4. The standard InChI is InChI=1S/C33H62O7/c1-19-37-27(5,6)21-29(9,10)39-32(15,16)25(36)26(3,4)20-28(7,8)40-33(17,18)31(13,14)24(35)23(2)38-30(11,12)22-34/h22-23H,19-21H2,1-18H3. The Morgan fingerprint density at radius 3 is 1.57 bits per heavy atom. The van der Waals surface area contributed by atoms with E-state index < -0.39 is 44.9 Å². The van der Waals surface area contributed by atoms with Gasteiger partial charge < -0.3 is 23.7 Å². The number of hydrogen-bond donors (Lipinski definition) is 0. The molecule has 0 aromatic rings. The monoisotopic (exact) mass is 570 g/mol. The number of rotatable bonds is 18. The molecule has 1 unspecified atom stereocenters. The van der Waals surface area contributed by atoms with Crippen LogP contribution in [0.15, 0.2) is 0 Å². The fraction of sp³-hybridized carbons (Fsp3) is 0.909. The van der Waals surface area contributed by atoms with E-state index in [1.807, 2.05) is 104 Å². The molecule has 0 heterocycles. The smallest absolute Gasteiger partial charge is 0.169 e. The van der Waals surface area contributed by atoms with E-state index in [1.165, 1.54) is 0 Å². The normalized spacial score (nSPS) is 15.7. The maximum absolute atomic E-state index is 13.9. The molecule has 0 aliphatic heterocycles. The van der Waals surface area contributed by atoms with Gasteiger partial charge in [-0.1, -0.05) is 27.7 Å². The zero-order chi connectivity index (χ0) is 32.4. The molecule has 0 N–H and O–H groups in total. The van der Waals surface area contributed by atoms with E-state index in [2.05, 4.69) is 0 Å². The molecule has 0 amide bonds. The topological polar surface area (TPSA) is 88.1 Å². The van der Waals surface area contributed by atoms with Gasteiger partial charge in [-0.3, -0.25) is 9.59 Å². The molecule has 0 saturated heterocycles. The second kappa shape index (κ2) is 12.6. The number of aldehydes is 1. The largest absolute Gasteiger partial charge is 0.376 e. The zero-order valence-electron chi connectivity index (χ0n) is 29.1. The third-order valence-corrected chi connectivity index (χ3v) is 7.73. The van der Waals surface area contributed by atoms with E-state index in [9.17, 15) is 14.4 Å². The van der Waals surface area contributed by atoms with Crippen LogP contribution in [-0.2, 0) is 33.3 Å². The van der Waals surface area contributed by atoms with E-state index in [0.29, 0.717) is 25.7 Å². The number of ether oxygens (including phenoxy) is 4. The van der Waals surface area contributed by atoms with Crippen molar-refractivity contribution >= 4 is 17.9 Å². The van der Waals surface area contributed by atoms with Crippen molar-refractivity contribution in [3.05, 3.63) is 0 Å². The van der Waals surface area contributed by atoms with Gasteiger partial charge in [-0.15, -0.1) is 0 Å². The van der Waals surface area contributed by atoms with Crippen LogP contribution in [-0.4, -0.2) is 64.2 Å². The molecule has 40 heavy (non-hydrogen) atoms. The molecule has 0 aliphatic rings. The molecule has 0 fully saturated rings. The van der Waals surface area contributed by atoms with Crippen LogP contribution in [0, 0.1) is 10.8 Å². The summed E-state index contributed by atoms with van der Waals surface area (Å²) in [5.74, 6) is -0.185. The fourth-order valence-electron chi connectivity index (χ4n) is 6.40. The van der Waals surface area contributed by atoms with Crippen molar-refractivity contribution in [3.63, 3.8) is 0 Å². The lowest BCUT2D eigenvalue weighted by Crippen LogP contribution is -2.56. The van der Waals surface area contributed by atoms with Crippen molar-refractivity contribution in [1.82, 2.24) is 0 Å². The maximum Gasteiger partial charge on any atom is 0.169 e. The van der Waals surface area contributed by atoms with Gasteiger partial charge in [-0.2, -0.15) is 0 Å². The second-order valence-corrected chi connectivity index (χ2v) is 16.0. The van der Waals surface area contributed by atoms with Gasteiger partial charge in [0, 0.05) is 18.4 Å². The molecule has 0 rings (SSSR count). The van der Waals surface area contributed by atoms with E-state index >= 15 is 0 Å². The quantitative estimate of drug-likeness (QED) is 0.160. The summed E-state index contributed by atoms with van der Waals surface area (Å²) in [7, 11) is 0. The van der Waals surface area contributed by atoms with Crippen LogP contribution in [0.1, 0.15) is 137 Å². The van der Waals surface area contributed by atoms with Gasteiger partial charge in [-0.05, 0) is 103 Å². The number of carbonyl (C=O) groups is 3. The Bertz CT molecular complexity index is 888. The second-order valence-electron chi connectivity index (χ2n) is 16.0. The Hall–Kier alpha value is -1.15. The molecule has 0 bridgehead atoms. The number of carbonyl (C=O) groups excluding carboxylic acids is 3. The molecule has 236 valence electrons. The lowest BCUT2D eigenvalue weighted by atomic mass is 9.70. The van der Waals surface area contributed by atoms with Crippen molar-refractivity contribution < 1.29 is 33.3 Å². The molecule has 1 atom stereocenters. The number of hydrogen-bond acceptors (Lipinski definition) is 7. The van der Waals surface area contributed by atoms with Gasteiger partial charge in [-0.25, -0.2) is 0 Å². The Balaban J connectivity index is 5.81. The predicted molar refractivity (Wildman–Crippen MR) is 162 cm³/mol. The van der Waals surface area contributed by atoms with Crippen molar-refractivity contribution in [1.29, 1.82) is 0 Å². The first-order valence-corrected chi connectivity index (χ1v) is 14.7. The van der Waals surface area contributed by atoms with E-state index in [0.717, 1.165) is 0 Å². The summed E-state index contributed by atoms with van der Waals surface area (Å²) >= 11 is 0. The summed E-state index contributed by atoms with van der Waals surface area (Å²) in [6.07, 6.45) is 0.935. The lowest BCUT2D eigenvalue weighted by Gasteiger charge is -2.48. The van der Waals surface area contributed by atoms with E-state index in [4.69, 9.17) is 18.9 Å². The number of ketones is 2. The van der Waals surface area contributed by atoms with Crippen LogP contribution in [0.5, 0.6) is 0 Å². The molecule has 0 spiro atoms. The van der Waals surface area contributed by atoms with Gasteiger partial charge in [0.05, 0.1) is 27.8 Å². The van der Waals surface area contributed by atoms with Crippen molar-refractivity contribution in [2.24, 2.45) is 10.8 Å². The average molecular weight is 571 g/mol. The molecule has 7 heteroatoms. The van der Waals surface area contributed by atoms with Crippen LogP contribution in [0.3, 0.4) is 0 Å². The Morgan fingerprint density at radius 1 is 0.700 bits per heavy atom. The van der Waals surface area contributed by atoms with E-state index in [1.54, 1.807) is 20.8 Å². The Labute approximate surface area is 245 Å². The predicted octanol–water partition coefficient (Wildman–Crippen LogP) is 7.30. The summed E-state index contributed by atoms with van der Waals surface area (Å²) in [5, 5.41) is 0. The van der Waals surface area contributed by atoms with Crippen LogP contribution >= 0.6 is 0 Å². The third-order valence-electron chi connectivity index (χ3n) is 7.73. The molecule has 0 saturated carbocycles. The van der Waals surface area contributed by atoms with Crippen LogP contribution in [0.4, 0.5) is 0 Å². The first kappa shape index (κ1) is 38.9. The molecular formula is C33H62O7. The highest BCUT2D eigenvalue weighted by Gasteiger charge is 2.51. The minimum absolute atomic E-state index is 0.0229. The average Bonchev–Trinajstić information content (AvgIpc) is 2.68. The first-order chi connectivity index (χ1) is 17.4. The lowest BCUT2D eigenvalue weighted by molar-refractivity contribution is -0.201. The van der Waals surface area contributed by atoms with Crippen molar-refractivity contribution in [2.75, 3.05) is 6.61 Å². The minimum atomic E-state index is -1.07. The SMILES string of the molecule is CCOC(C)(C)CC(C)(C)OC(C)(C)C(=O)C(C)(C)CC(C)(C)OC(C)(C)C(C)(C)C(=O)C(C)OC(C)(C)C=O.